The largest absolute Gasteiger partial charge is 0.464 e. The van der Waals surface area contributed by atoms with E-state index in [-0.39, 0.29) is 30.2 Å². The number of para-hydroxylation sites is 1. The molecular weight excluding hydrogens is 1000 g/mol. The number of nitrogens with one attached hydrogen (secondary N) is 1. The van der Waals surface area contributed by atoms with Crippen LogP contribution in [-0.2, 0) is 18.5 Å². The fourth-order valence-corrected chi connectivity index (χ4v) is 8.81. The summed E-state index contributed by atoms with van der Waals surface area (Å²) in [6.45, 7) is 16.1. The van der Waals surface area contributed by atoms with Gasteiger partial charge in [0.25, 0.3) is 0 Å². The number of carboxylic acid groups (broad SMARTS) is 2. The summed E-state index contributed by atoms with van der Waals surface area (Å²) in [6, 6.07) is 23.6. The highest BCUT2D eigenvalue weighted by Gasteiger charge is 2.41. The van der Waals surface area contributed by atoms with Gasteiger partial charge in [-0.1, -0.05) is 62.0 Å². The summed E-state index contributed by atoms with van der Waals surface area (Å²) >= 11 is 0. The zero-order chi connectivity index (χ0) is 55.2. The number of nitrogens with zero attached hydrogens (tertiary/aromatic N) is 16. The molecule has 0 atom stereocenters. The lowest BCUT2D eigenvalue weighted by atomic mass is 9.88. The second kappa shape index (κ2) is 19.9. The molecule has 0 spiro atoms. The average Bonchev–Trinajstić information content (AvgIpc) is 4.47. The van der Waals surface area contributed by atoms with Crippen LogP contribution >= 0.6 is 0 Å². The molecule has 0 aliphatic carbocycles. The number of aromatic nitrogens is 14. The van der Waals surface area contributed by atoms with Crippen molar-refractivity contribution in [2.45, 2.75) is 65.6 Å². The first-order chi connectivity index (χ1) is 37.3. The van der Waals surface area contributed by atoms with Crippen LogP contribution in [0.15, 0.2) is 117 Å². The first kappa shape index (κ1) is 50.9. The number of rotatable bonds is 8. The maximum absolute atomic E-state index is 12.2. The van der Waals surface area contributed by atoms with E-state index in [9.17, 15) is 19.8 Å². The van der Waals surface area contributed by atoms with Gasteiger partial charge in [-0.2, -0.15) is 20.0 Å². The van der Waals surface area contributed by atoms with Gasteiger partial charge in [0.1, 0.15) is 22.8 Å². The van der Waals surface area contributed by atoms with E-state index in [2.05, 4.69) is 67.6 Å². The van der Waals surface area contributed by atoms with Crippen LogP contribution in [0.4, 0.5) is 38.9 Å². The van der Waals surface area contributed by atoms with Crippen molar-refractivity contribution in [3.05, 3.63) is 127 Å². The number of furan rings is 3. The molecule has 0 bridgehead atoms. The van der Waals surface area contributed by atoms with Gasteiger partial charge in [-0.3, -0.25) is 9.99 Å². The Balaban J connectivity index is 0.000000135. The Kier molecular flexibility index (Phi) is 13.0. The van der Waals surface area contributed by atoms with Crippen molar-refractivity contribution in [3.8, 4) is 34.4 Å². The summed E-state index contributed by atoms with van der Waals surface area (Å²) in [6.07, 6.45) is 4.08. The third kappa shape index (κ3) is 9.69. The molecule has 12 rings (SSSR count). The third-order valence-corrected chi connectivity index (χ3v) is 11.9. The molecule has 11 aromatic rings. The van der Waals surface area contributed by atoms with E-state index >= 15 is 0 Å². The summed E-state index contributed by atoms with van der Waals surface area (Å²) < 4.78 is 20.9. The van der Waals surface area contributed by atoms with Crippen LogP contribution in [0.25, 0.3) is 73.7 Å². The first-order valence-corrected chi connectivity index (χ1v) is 23.9. The molecule has 0 unspecified atom stereocenters. The molecule has 0 saturated heterocycles. The highest BCUT2D eigenvalue weighted by molar-refractivity contribution is 5.97. The molecule has 10 aromatic heterocycles. The van der Waals surface area contributed by atoms with E-state index < -0.39 is 23.1 Å². The Morgan fingerprint density at radius 2 is 1.18 bits per heavy atom. The van der Waals surface area contributed by atoms with Crippen molar-refractivity contribution in [2.75, 3.05) is 27.2 Å². The van der Waals surface area contributed by atoms with Crippen LogP contribution in [-0.4, -0.2) is 97.4 Å². The topological polar surface area (TPSA) is 367 Å². The number of nitrogen functional groups attached to an aromatic ring is 3. The highest BCUT2D eigenvalue weighted by Crippen LogP contribution is 2.43. The van der Waals surface area contributed by atoms with E-state index in [4.69, 9.17) is 30.5 Å². The molecular formula is C51H50N20O7. The molecule has 1 amide bonds. The summed E-state index contributed by atoms with van der Waals surface area (Å²) in [5.74, 6) is 1.88. The lowest BCUT2D eigenvalue weighted by Crippen LogP contribution is -2.54. The molecule has 78 heavy (non-hydrogen) atoms. The minimum absolute atomic E-state index is 0.0334. The molecule has 1 aliphatic heterocycles. The maximum Gasteiger partial charge on any atom is 0.429 e. The number of benzene rings is 1. The summed E-state index contributed by atoms with van der Waals surface area (Å²) in [7, 11) is 0. The van der Waals surface area contributed by atoms with Crippen molar-refractivity contribution in [1.29, 1.82) is 0 Å². The fourth-order valence-electron chi connectivity index (χ4n) is 8.81. The molecule has 9 N–H and O–H groups in total. The first-order valence-electron chi connectivity index (χ1n) is 23.9. The predicted octanol–water partition coefficient (Wildman–Crippen LogP) is 7.88. The maximum atomic E-state index is 12.2. The Morgan fingerprint density at radius 3 is 1.69 bits per heavy atom. The van der Waals surface area contributed by atoms with E-state index in [1.807, 2.05) is 77.9 Å². The number of hydrazine groups is 2. The Hall–Kier alpha value is -10.6. The van der Waals surface area contributed by atoms with Gasteiger partial charge in [0.15, 0.2) is 45.4 Å². The lowest BCUT2D eigenvalue weighted by Gasteiger charge is -2.33. The lowest BCUT2D eigenvalue weighted by molar-refractivity contribution is 0.195. The van der Waals surface area contributed by atoms with Crippen molar-refractivity contribution >= 4 is 80.8 Å². The zero-order valence-corrected chi connectivity index (χ0v) is 42.8. The molecule has 27 nitrogen and oxygen atoms in total. The number of amides is 1. The Labute approximate surface area is 441 Å². The van der Waals surface area contributed by atoms with Gasteiger partial charge in [0, 0.05) is 27.6 Å². The van der Waals surface area contributed by atoms with Crippen LogP contribution < -0.4 is 32.8 Å². The fraction of sp³-hybridized carbons (Fsp3) is 0.196. The third-order valence-electron chi connectivity index (χ3n) is 11.9. The molecule has 11 heterocycles. The Bertz CT molecular complexity index is 4020. The van der Waals surface area contributed by atoms with Gasteiger partial charge in [0.05, 0.1) is 48.8 Å². The van der Waals surface area contributed by atoms with Gasteiger partial charge in [0.2, 0.25) is 17.8 Å². The molecule has 0 radical (unpaired) electrons. The van der Waals surface area contributed by atoms with E-state index in [1.54, 1.807) is 75.4 Å². The molecule has 0 saturated carbocycles. The van der Waals surface area contributed by atoms with Crippen molar-refractivity contribution in [2.24, 2.45) is 0 Å². The monoisotopic (exact) mass is 1050 g/mol. The standard InChI is InChI=1S/C22H21N7O3.C16H13N7O.C13H16N6O3/c1-22(2,3)18-13(12-7-4-5-8-14(12)29(18)21(30)31)11-28-19-17(26-27-28)16(24-20(23)25-19)15-9-6-10-32-15;1-2-10-5-3-6-11(18-10)9-23-15-14(21-22-23)13(19-16(17)20-15)12-7-4-8-24-12;1-13(2,3)19-9-8(7-5-4-6-22-7)15-11(14)16-10(9)18(17-19)12(20)21/h4-10H,11H2,1-3H3,(H,30,31)(H2,23,24,25);2-8H,1,9H2,(H2,17,19,20);4-6,17H,1-3H3,(H,20,21)(H2,14,15,16). The summed E-state index contributed by atoms with van der Waals surface area (Å²) in [5.41, 5.74) is 27.0. The number of fused-ring (bicyclic) bond motifs is 4. The van der Waals surface area contributed by atoms with E-state index in [0.717, 1.165) is 27.3 Å². The van der Waals surface area contributed by atoms with E-state index in [0.29, 0.717) is 80.1 Å². The van der Waals surface area contributed by atoms with Gasteiger partial charge >= 0.3 is 12.2 Å². The minimum Gasteiger partial charge on any atom is -0.464 e. The molecule has 1 aromatic carbocycles. The quantitative estimate of drug-likeness (QED) is 0.0842. The van der Waals surface area contributed by atoms with Crippen molar-refractivity contribution in [1.82, 2.24) is 75.0 Å². The molecule has 1 aliphatic rings. The molecule has 396 valence electrons. The number of pyridine rings is 1. The van der Waals surface area contributed by atoms with Gasteiger partial charge < -0.3 is 40.7 Å². The smallest absolute Gasteiger partial charge is 0.429 e. The van der Waals surface area contributed by atoms with Crippen molar-refractivity contribution in [3.63, 3.8) is 0 Å². The zero-order valence-electron chi connectivity index (χ0n) is 42.8. The molecule has 27 heteroatoms. The number of hydrogen-bond acceptors (Lipinski definition) is 21. The number of carbonyl (C=O) groups is 2. The average molecular weight is 1060 g/mol. The van der Waals surface area contributed by atoms with Crippen LogP contribution in [0.3, 0.4) is 0 Å². The van der Waals surface area contributed by atoms with Crippen molar-refractivity contribution < 1.29 is 33.1 Å². The summed E-state index contributed by atoms with van der Waals surface area (Å²) in [4.78, 5) is 53.5. The van der Waals surface area contributed by atoms with Crippen LogP contribution in [0.1, 0.15) is 64.2 Å². The van der Waals surface area contributed by atoms with Crippen LogP contribution in [0.2, 0.25) is 0 Å². The highest BCUT2D eigenvalue weighted by atomic mass is 16.4. The number of nitrogens with two attached hydrogens (primary N) is 3. The van der Waals surface area contributed by atoms with E-state index in [1.165, 1.54) is 10.8 Å². The number of anilines is 5. The Morgan fingerprint density at radius 1 is 0.641 bits per heavy atom. The van der Waals surface area contributed by atoms with Gasteiger partial charge in [-0.05, 0) is 81.4 Å². The molecule has 0 fully saturated rings. The summed E-state index contributed by atoms with van der Waals surface area (Å²) in [5, 5.41) is 39.7. The minimum atomic E-state index is -1.20. The number of hydrogen-bond donors (Lipinski definition) is 6. The van der Waals surface area contributed by atoms with Crippen LogP contribution in [0, 0.1) is 0 Å². The SMILES string of the molecule is C=Cc1cccc(Cn2nnc3c(-c4ccco4)nc(N)nc32)n1.CC(C)(C)N1NN(C(=O)O)c2nc(N)nc(-c3ccco3)c21.CC(C)(C)c1c(Cn2nnc3c(-c4ccco4)nc(N)nc32)c2ccccc2n1C(=O)O. The second-order valence-electron chi connectivity index (χ2n) is 19.4. The van der Waals surface area contributed by atoms with Crippen LogP contribution in [0.5, 0.6) is 0 Å². The normalized spacial score (nSPS) is 12.4. The predicted molar refractivity (Wildman–Crippen MR) is 287 cm³/mol. The van der Waals surface area contributed by atoms with Gasteiger partial charge in [-0.25, -0.2) is 38.5 Å². The second-order valence-corrected chi connectivity index (χ2v) is 19.4. The van der Waals surface area contributed by atoms with Gasteiger partial charge in [-0.15, -0.1) is 15.7 Å².